The predicted octanol–water partition coefficient (Wildman–Crippen LogP) is 2.87. The minimum atomic E-state index is -0.199. The summed E-state index contributed by atoms with van der Waals surface area (Å²) >= 11 is 0. The molecule has 0 unspecified atom stereocenters. The highest BCUT2D eigenvalue weighted by Gasteiger charge is 2.41. The largest absolute Gasteiger partial charge is 0.297 e. The molecule has 1 rings (SSSR count). The van der Waals surface area contributed by atoms with Crippen molar-refractivity contribution in [2.45, 2.75) is 57.9 Å². The number of ketones is 1. The van der Waals surface area contributed by atoms with Crippen molar-refractivity contribution in [2.75, 3.05) is 14.1 Å². The van der Waals surface area contributed by atoms with Gasteiger partial charge in [-0.3, -0.25) is 9.69 Å². The summed E-state index contributed by atoms with van der Waals surface area (Å²) in [5, 5.41) is 0. The second kappa shape index (κ2) is 5.11. The highest BCUT2D eigenvalue weighted by Crippen LogP contribution is 2.34. The van der Waals surface area contributed by atoms with E-state index in [-0.39, 0.29) is 5.54 Å². The minimum absolute atomic E-state index is 0.199. The van der Waals surface area contributed by atoms with E-state index in [9.17, 15) is 4.79 Å². The van der Waals surface area contributed by atoms with Crippen molar-refractivity contribution in [1.82, 2.24) is 4.90 Å². The maximum Gasteiger partial charge on any atom is 0.156 e. The van der Waals surface area contributed by atoms with Crippen molar-refractivity contribution in [1.29, 1.82) is 0 Å². The summed E-state index contributed by atoms with van der Waals surface area (Å²) in [7, 11) is 4.08. The van der Waals surface area contributed by atoms with Gasteiger partial charge in [0, 0.05) is 5.92 Å². The van der Waals surface area contributed by atoms with Gasteiger partial charge in [-0.25, -0.2) is 0 Å². The van der Waals surface area contributed by atoms with Crippen LogP contribution in [0.25, 0.3) is 0 Å². The Labute approximate surface area is 94.0 Å². The summed E-state index contributed by atoms with van der Waals surface area (Å²) in [6.07, 6.45) is 6.60. The lowest BCUT2D eigenvalue weighted by Crippen LogP contribution is -2.52. The smallest absolute Gasteiger partial charge is 0.156 e. The van der Waals surface area contributed by atoms with Crippen LogP contribution in [0.3, 0.4) is 0 Å². The van der Waals surface area contributed by atoms with Gasteiger partial charge >= 0.3 is 0 Å². The summed E-state index contributed by atoms with van der Waals surface area (Å²) in [4.78, 5) is 14.7. The van der Waals surface area contributed by atoms with Crippen LogP contribution in [0.1, 0.15) is 52.4 Å². The third kappa shape index (κ3) is 2.25. The third-order valence-corrected chi connectivity index (χ3v) is 4.21. The zero-order valence-corrected chi connectivity index (χ0v) is 10.7. The van der Waals surface area contributed by atoms with Crippen molar-refractivity contribution >= 4 is 5.78 Å². The fourth-order valence-electron chi connectivity index (χ4n) is 3.02. The van der Waals surface area contributed by atoms with Gasteiger partial charge in [-0.1, -0.05) is 26.7 Å². The summed E-state index contributed by atoms with van der Waals surface area (Å²) < 4.78 is 0. The van der Waals surface area contributed by atoms with E-state index in [0.29, 0.717) is 11.7 Å². The zero-order valence-electron chi connectivity index (χ0n) is 10.7. The Morgan fingerprint density at radius 1 is 1.20 bits per heavy atom. The van der Waals surface area contributed by atoms with Gasteiger partial charge in [0.05, 0.1) is 5.54 Å². The summed E-state index contributed by atoms with van der Waals surface area (Å²) in [5.41, 5.74) is -0.199. The molecule has 0 aromatic carbocycles. The van der Waals surface area contributed by atoms with Gasteiger partial charge in [-0.05, 0) is 39.8 Å². The molecular weight excluding hydrogens is 186 g/mol. The zero-order chi connectivity index (χ0) is 11.5. The van der Waals surface area contributed by atoms with Crippen LogP contribution in [-0.4, -0.2) is 30.3 Å². The Morgan fingerprint density at radius 3 is 2.00 bits per heavy atom. The standard InChI is InChI=1S/C13H25NO/c1-5-13(6-2,14(3)4)12(15)11-9-7-8-10-11/h11H,5-10H2,1-4H3. The van der Waals surface area contributed by atoms with Crippen LogP contribution >= 0.6 is 0 Å². The number of carbonyl (C=O) groups is 1. The average Bonchev–Trinajstić information content (AvgIpc) is 2.72. The molecule has 0 aromatic heterocycles. The van der Waals surface area contributed by atoms with E-state index >= 15 is 0 Å². The topological polar surface area (TPSA) is 20.3 Å². The van der Waals surface area contributed by atoms with E-state index in [0.717, 1.165) is 25.7 Å². The number of likely N-dealkylation sites (N-methyl/N-ethyl adjacent to an activating group) is 1. The van der Waals surface area contributed by atoms with Crippen LogP contribution in [0, 0.1) is 5.92 Å². The molecule has 0 bridgehead atoms. The van der Waals surface area contributed by atoms with E-state index in [1.807, 2.05) is 14.1 Å². The lowest BCUT2D eigenvalue weighted by Gasteiger charge is -2.38. The summed E-state index contributed by atoms with van der Waals surface area (Å²) in [5.74, 6) is 0.835. The van der Waals surface area contributed by atoms with E-state index in [1.54, 1.807) is 0 Å². The van der Waals surface area contributed by atoms with Gasteiger partial charge < -0.3 is 0 Å². The molecule has 2 heteroatoms. The maximum absolute atomic E-state index is 12.5. The maximum atomic E-state index is 12.5. The average molecular weight is 211 g/mol. The Balaban J connectivity index is 2.82. The molecule has 15 heavy (non-hydrogen) atoms. The number of Topliss-reactive ketones (excluding diaryl/α,β-unsaturated/α-hetero) is 1. The first-order chi connectivity index (χ1) is 7.08. The third-order valence-electron chi connectivity index (χ3n) is 4.21. The number of rotatable bonds is 5. The quantitative estimate of drug-likeness (QED) is 0.697. The number of carbonyl (C=O) groups excluding carboxylic acids is 1. The van der Waals surface area contributed by atoms with E-state index in [2.05, 4.69) is 18.7 Å². The lowest BCUT2D eigenvalue weighted by atomic mass is 9.80. The first-order valence-corrected chi connectivity index (χ1v) is 6.30. The van der Waals surface area contributed by atoms with E-state index in [4.69, 9.17) is 0 Å². The highest BCUT2D eigenvalue weighted by molar-refractivity contribution is 5.90. The molecule has 0 N–H and O–H groups in total. The predicted molar refractivity (Wildman–Crippen MR) is 64.0 cm³/mol. The van der Waals surface area contributed by atoms with Crippen molar-refractivity contribution in [3.63, 3.8) is 0 Å². The molecule has 0 aromatic rings. The van der Waals surface area contributed by atoms with Crippen molar-refractivity contribution in [2.24, 2.45) is 5.92 Å². The number of hydrogen-bond acceptors (Lipinski definition) is 2. The molecule has 1 aliphatic carbocycles. The Bertz CT molecular complexity index is 213. The molecule has 0 radical (unpaired) electrons. The van der Waals surface area contributed by atoms with Crippen molar-refractivity contribution in [3.8, 4) is 0 Å². The molecule has 0 spiro atoms. The first-order valence-electron chi connectivity index (χ1n) is 6.30. The molecule has 88 valence electrons. The van der Waals surface area contributed by atoms with Gasteiger partial charge in [0.15, 0.2) is 5.78 Å². The molecule has 1 fully saturated rings. The van der Waals surface area contributed by atoms with Crippen LogP contribution in [0.2, 0.25) is 0 Å². The second-order valence-corrected chi connectivity index (χ2v) is 4.98. The molecule has 0 heterocycles. The van der Waals surface area contributed by atoms with E-state index < -0.39 is 0 Å². The fourth-order valence-corrected chi connectivity index (χ4v) is 3.02. The number of hydrogen-bond donors (Lipinski definition) is 0. The van der Waals surface area contributed by atoms with Crippen LogP contribution in [0.5, 0.6) is 0 Å². The molecule has 1 aliphatic rings. The molecule has 0 saturated heterocycles. The normalized spacial score (nSPS) is 18.7. The van der Waals surface area contributed by atoms with Crippen LogP contribution in [-0.2, 0) is 4.79 Å². The van der Waals surface area contributed by atoms with E-state index in [1.165, 1.54) is 12.8 Å². The molecule has 1 saturated carbocycles. The summed E-state index contributed by atoms with van der Waals surface area (Å²) in [6.45, 7) is 4.27. The van der Waals surface area contributed by atoms with Crippen molar-refractivity contribution in [3.05, 3.63) is 0 Å². The lowest BCUT2D eigenvalue weighted by molar-refractivity contribution is -0.134. The number of nitrogens with zero attached hydrogens (tertiary/aromatic N) is 1. The Morgan fingerprint density at radius 2 is 1.67 bits per heavy atom. The minimum Gasteiger partial charge on any atom is -0.297 e. The van der Waals surface area contributed by atoms with Gasteiger partial charge in [0.2, 0.25) is 0 Å². The Hall–Kier alpha value is -0.370. The van der Waals surface area contributed by atoms with Crippen LogP contribution < -0.4 is 0 Å². The second-order valence-electron chi connectivity index (χ2n) is 4.98. The molecular formula is C13H25NO. The molecule has 0 aliphatic heterocycles. The Kier molecular flexibility index (Phi) is 4.32. The van der Waals surface area contributed by atoms with Crippen LogP contribution in [0.15, 0.2) is 0 Å². The van der Waals surface area contributed by atoms with Crippen molar-refractivity contribution < 1.29 is 4.79 Å². The van der Waals surface area contributed by atoms with Gasteiger partial charge in [0.25, 0.3) is 0 Å². The van der Waals surface area contributed by atoms with Gasteiger partial charge in [-0.15, -0.1) is 0 Å². The van der Waals surface area contributed by atoms with Gasteiger partial charge in [-0.2, -0.15) is 0 Å². The van der Waals surface area contributed by atoms with Crippen LogP contribution in [0.4, 0.5) is 0 Å². The summed E-state index contributed by atoms with van der Waals surface area (Å²) in [6, 6.07) is 0. The fraction of sp³-hybridized carbons (Fsp3) is 0.923. The monoisotopic (exact) mass is 211 g/mol. The molecule has 0 amide bonds. The first kappa shape index (κ1) is 12.7. The SMILES string of the molecule is CCC(CC)(C(=O)C1CCCC1)N(C)C. The van der Waals surface area contributed by atoms with Gasteiger partial charge in [0.1, 0.15) is 0 Å². The molecule has 0 atom stereocenters. The highest BCUT2D eigenvalue weighted by atomic mass is 16.1. The molecule has 2 nitrogen and oxygen atoms in total.